The van der Waals surface area contributed by atoms with Gasteiger partial charge in [-0.25, -0.2) is 27.9 Å². The minimum atomic E-state index is -3.93. The maximum atomic E-state index is 12.5. The molecule has 0 bridgehead atoms. The van der Waals surface area contributed by atoms with Gasteiger partial charge in [-0.1, -0.05) is 48.5 Å². The molecule has 3 heterocycles. The SMILES string of the molecule is CC(C)(C)OC(=O)NS(=O)(=O)CCc1cncc(-c2nc(NCc3ccccn3)c3c(-c4ccccc4)cccc3n2)c1. The third-order valence-electron chi connectivity index (χ3n) is 6.32. The van der Waals surface area contributed by atoms with Crippen LogP contribution in [0.4, 0.5) is 10.6 Å². The lowest BCUT2D eigenvalue weighted by Crippen LogP contribution is -2.37. The van der Waals surface area contributed by atoms with Crippen LogP contribution in [0.1, 0.15) is 32.0 Å². The second kappa shape index (κ2) is 12.5. The van der Waals surface area contributed by atoms with Crippen molar-refractivity contribution in [2.24, 2.45) is 0 Å². The number of carbonyl (C=O) groups is 1. The first-order valence-corrected chi connectivity index (χ1v) is 15.4. The molecule has 2 N–H and O–H groups in total. The van der Waals surface area contributed by atoms with E-state index in [4.69, 9.17) is 14.7 Å². The number of aryl methyl sites for hydroxylation is 1. The zero-order chi connectivity index (χ0) is 30.5. The molecular formula is C32H32N6O4S. The Hall–Kier alpha value is -4.90. The largest absolute Gasteiger partial charge is 0.443 e. The number of fused-ring (bicyclic) bond motifs is 1. The van der Waals surface area contributed by atoms with E-state index in [0.29, 0.717) is 29.3 Å². The molecule has 1 amide bonds. The van der Waals surface area contributed by atoms with Crippen molar-refractivity contribution in [3.8, 4) is 22.5 Å². The normalized spacial score (nSPS) is 11.7. The van der Waals surface area contributed by atoms with Crippen molar-refractivity contribution in [2.75, 3.05) is 11.1 Å². The van der Waals surface area contributed by atoms with Gasteiger partial charge in [-0.05, 0) is 68.1 Å². The van der Waals surface area contributed by atoms with E-state index in [2.05, 4.69) is 15.3 Å². The number of ether oxygens (including phenoxy) is 1. The summed E-state index contributed by atoms with van der Waals surface area (Å²) in [6.45, 7) is 5.43. The lowest BCUT2D eigenvalue weighted by atomic mass is 10.0. The first-order valence-electron chi connectivity index (χ1n) is 13.7. The maximum absolute atomic E-state index is 12.5. The number of sulfonamides is 1. The van der Waals surface area contributed by atoms with E-state index in [-0.39, 0.29) is 12.2 Å². The Kier molecular flexibility index (Phi) is 8.63. The average molecular weight is 597 g/mol. The van der Waals surface area contributed by atoms with Gasteiger partial charge in [-0.2, -0.15) is 0 Å². The fourth-order valence-corrected chi connectivity index (χ4v) is 5.35. The molecule has 3 aromatic heterocycles. The quantitative estimate of drug-likeness (QED) is 0.218. The summed E-state index contributed by atoms with van der Waals surface area (Å²) in [7, 11) is -3.93. The molecule has 0 fully saturated rings. The number of aromatic nitrogens is 4. The van der Waals surface area contributed by atoms with Crippen molar-refractivity contribution in [3.05, 3.63) is 103 Å². The topological polar surface area (TPSA) is 136 Å². The van der Waals surface area contributed by atoms with Gasteiger partial charge < -0.3 is 10.1 Å². The predicted molar refractivity (Wildman–Crippen MR) is 167 cm³/mol. The second-order valence-electron chi connectivity index (χ2n) is 10.9. The van der Waals surface area contributed by atoms with Crippen LogP contribution < -0.4 is 10.0 Å². The van der Waals surface area contributed by atoms with Crippen LogP contribution in [0.25, 0.3) is 33.4 Å². The molecule has 0 aliphatic carbocycles. The molecule has 0 spiro atoms. The Balaban J connectivity index is 1.46. The van der Waals surface area contributed by atoms with Crippen molar-refractivity contribution in [1.29, 1.82) is 0 Å². The lowest BCUT2D eigenvalue weighted by Gasteiger charge is -2.19. The van der Waals surface area contributed by atoms with E-state index in [1.165, 1.54) is 0 Å². The smallest absolute Gasteiger partial charge is 0.421 e. The standard InChI is InChI=1S/C32H32N6O4S/c1-32(2,3)42-31(39)38-43(40,41)17-15-22-18-24(20-33-19-22)29-36-27-14-9-13-26(23-10-5-4-6-11-23)28(27)30(37-29)35-21-25-12-7-8-16-34-25/h4-14,16,18-20H,15,17,21H2,1-3H3,(H,38,39)(H,35,36,37). The van der Waals surface area contributed by atoms with E-state index < -0.39 is 21.7 Å². The van der Waals surface area contributed by atoms with Gasteiger partial charge in [0.25, 0.3) is 0 Å². The summed E-state index contributed by atoms with van der Waals surface area (Å²) in [6, 6.07) is 23.5. The lowest BCUT2D eigenvalue weighted by molar-refractivity contribution is 0.0570. The van der Waals surface area contributed by atoms with Crippen molar-refractivity contribution < 1.29 is 17.9 Å². The van der Waals surface area contributed by atoms with Crippen molar-refractivity contribution in [1.82, 2.24) is 24.7 Å². The predicted octanol–water partition coefficient (Wildman–Crippen LogP) is 5.76. The van der Waals surface area contributed by atoms with E-state index >= 15 is 0 Å². The zero-order valence-corrected chi connectivity index (χ0v) is 24.9. The molecule has 0 radical (unpaired) electrons. The number of hydrogen-bond donors (Lipinski definition) is 2. The van der Waals surface area contributed by atoms with Gasteiger partial charge in [0.05, 0.1) is 28.9 Å². The fourth-order valence-electron chi connectivity index (χ4n) is 4.45. The van der Waals surface area contributed by atoms with Crippen LogP contribution in [0.2, 0.25) is 0 Å². The van der Waals surface area contributed by atoms with Crippen LogP contribution in [0.15, 0.2) is 91.4 Å². The Morgan fingerprint density at radius 1 is 0.907 bits per heavy atom. The second-order valence-corrected chi connectivity index (χ2v) is 12.7. The van der Waals surface area contributed by atoms with E-state index in [1.807, 2.05) is 71.5 Å². The maximum Gasteiger partial charge on any atom is 0.421 e. The van der Waals surface area contributed by atoms with Crippen molar-refractivity contribution >= 4 is 32.8 Å². The number of hydrogen-bond acceptors (Lipinski definition) is 9. The molecule has 0 saturated carbocycles. The summed E-state index contributed by atoms with van der Waals surface area (Å²) < 4.78 is 32.0. The first-order chi connectivity index (χ1) is 20.6. The first kappa shape index (κ1) is 29.6. The average Bonchev–Trinajstić information content (AvgIpc) is 2.98. The highest BCUT2D eigenvalue weighted by molar-refractivity contribution is 7.90. The molecule has 0 unspecified atom stereocenters. The number of benzene rings is 2. The number of amides is 1. The molecule has 10 nitrogen and oxygen atoms in total. The molecule has 2 aromatic carbocycles. The minimum absolute atomic E-state index is 0.121. The molecule has 5 aromatic rings. The van der Waals surface area contributed by atoms with E-state index in [1.54, 1.807) is 45.4 Å². The summed E-state index contributed by atoms with van der Waals surface area (Å²) in [6.07, 6.45) is 4.08. The van der Waals surface area contributed by atoms with Crippen molar-refractivity contribution in [3.63, 3.8) is 0 Å². The fraction of sp³-hybridized carbons (Fsp3) is 0.219. The van der Waals surface area contributed by atoms with Gasteiger partial charge in [0, 0.05) is 24.2 Å². The molecule has 0 saturated heterocycles. The number of pyridine rings is 2. The molecule has 0 aliphatic heterocycles. The molecule has 5 rings (SSSR count). The number of nitrogens with zero attached hydrogens (tertiary/aromatic N) is 4. The summed E-state index contributed by atoms with van der Waals surface area (Å²) in [5.41, 5.74) is 4.09. The molecule has 11 heteroatoms. The van der Waals surface area contributed by atoms with Crippen LogP contribution in [0.3, 0.4) is 0 Å². The monoisotopic (exact) mass is 596 g/mol. The Morgan fingerprint density at radius 2 is 1.70 bits per heavy atom. The summed E-state index contributed by atoms with van der Waals surface area (Å²) >= 11 is 0. The Morgan fingerprint density at radius 3 is 2.44 bits per heavy atom. The van der Waals surface area contributed by atoms with Gasteiger partial charge in [-0.3, -0.25) is 9.97 Å². The van der Waals surface area contributed by atoms with Crippen LogP contribution >= 0.6 is 0 Å². The highest BCUT2D eigenvalue weighted by Crippen LogP contribution is 2.34. The van der Waals surface area contributed by atoms with Crippen LogP contribution in [0, 0.1) is 0 Å². The summed E-state index contributed by atoms with van der Waals surface area (Å²) in [5, 5.41) is 4.32. The Bertz CT molecular complexity index is 1840. The van der Waals surface area contributed by atoms with Gasteiger partial charge in [-0.15, -0.1) is 0 Å². The number of rotatable bonds is 9. The highest BCUT2D eigenvalue weighted by atomic mass is 32.2. The van der Waals surface area contributed by atoms with Crippen LogP contribution in [-0.2, 0) is 27.7 Å². The van der Waals surface area contributed by atoms with Gasteiger partial charge in [0.1, 0.15) is 11.4 Å². The summed E-state index contributed by atoms with van der Waals surface area (Å²) in [5.74, 6) is 0.748. The number of anilines is 1. The molecule has 220 valence electrons. The van der Waals surface area contributed by atoms with Gasteiger partial charge in [0.2, 0.25) is 10.0 Å². The van der Waals surface area contributed by atoms with E-state index in [0.717, 1.165) is 27.7 Å². The highest BCUT2D eigenvalue weighted by Gasteiger charge is 2.22. The molecular weight excluding hydrogens is 564 g/mol. The minimum Gasteiger partial charge on any atom is -0.443 e. The number of nitrogens with one attached hydrogen (secondary N) is 2. The zero-order valence-electron chi connectivity index (χ0n) is 24.1. The van der Waals surface area contributed by atoms with Crippen LogP contribution in [0.5, 0.6) is 0 Å². The van der Waals surface area contributed by atoms with Crippen molar-refractivity contribution in [2.45, 2.75) is 39.3 Å². The van der Waals surface area contributed by atoms with E-state index in [9.17, 15) is 13.2 Å². The summed E-state index contributed by atoms with van der Waals surface area (Å²) in [4.78, 5) is 30.5. The van der Waals surface area contributed by atoms with Gasteiger partial charge in [0.15, 0.2) is 5.82 Å². The Labute approximate surface area is 250 Å². The molecule has 0 aliphatic rings. The molecule has 0 atom stereocenters. The number of carbonyl (C=O) groups excluding carboxylic acids is 1. The third kappa shape index (κ3) is 7.89. The molecule has 43 heavy (non-hydrogen) atoms. The third-order valence-corrected chi connectivity index (χ3v) is 7.54. The van der Waals surface area contributed by atoms with Gasteiger partial charge >= 0.3 is 6.09 Å². The van der Waals surface area contributed by atoms with Crippen LogP contribution in [-0.4, -0.2) is 45.8 Å².